The number of nitrogens with zero attached hydrogens (tertiary/aromatic N) is 1. The van der Waals surface area contributed by atoms with Crippen molar-refractivity contribution < 1.29 is 9.18 Å². The van der Waals surface area contributed by atoms with Gasteiger partial charge in [-0.05, 0) is 59.8 Å². The predicted octanol–water partition coefficient (Wildman–Crippen LogP) is 5.02. The zero-order chi connectivity index (χ0) is 16.4. The lowest BCUT2D eigenvalue weighted by atomic mass is 10.2. The number of nitrogens with one attached hydrogen (secondary N) is 1. The number of halogens is 3. The Morgan fingerprint density at radius 3 is 2.57 bits per heavy atom. The van der Waals surface area contributed by atoms with Crippen molar-refractivity contribution in [1.82, 2.24) is 5.32 Å². The van der Waals surface area contributed by atoms with Crippen molar-refractivity contribution in [2.24, 2.45) is 4.99 Å². The molecule has 23 heavy (non-hydrogen) atoms. The van der Waals surface area contributed by atoms with Crippen LogP contribution in [0.4, 0.5) is 10.1 Å². The van der Waals surface area contributed by atoms with Gasteiger partial charge >= 0.3 is 0 Å². The molecular formula is C16H9Cl2FN2OS. The number of carbonyl (C=O) groups is 1. The number of hydrogen-bond donors (Lipinski definition) is 1. The van der Waals surface area contributed by atoms with Crippen molar-refractivity contribution in [3.63, 3.8) is 0 Å². The summed E-state index contributed by atoms with van der Waals surface area (Å²) in [4.78, 5) is 16.7. The van der Waals surface area contributed by atoms with Gasteiger partial charge in [0.1, 0.15) is 5.82 Å². The summed E-state index contributed by atoms with van der Waals surface area (Å²) >= 11 is 13.1. The zero-order valence-electron chi connectivity index (χ0n) is 11.5. The van der Waals surface area contributed by atoms with Crippen molar-refractivity contribution in [2.75, 3.05) is 0 Å². The van der Waals surface area contributed by atoms with E-state index >= 15 is 0 Å². The number of amidine groups is 1. The van der Waals surface area contributed by atoms with Crippen LogP contribution in [0, 0.1) is 5.82 Å². The molecule has 0 atom stereocenters. The summed E-state index contributed by atoms with van der Waals surface area (Å²) < 4.78 is 12.9. The first-order valence-electron chi connectivity index (χ1n) is 6.51. The van der Waals surface area contributed by atoms with E-state index in [4.69, 9.17) is 23.2 Å². The second kappa shape index (κ2) is 6.74. The largest absolute Gasteiger partial charge is 0.300 e. The third kappa shape index (κ3) is 3.93. The summed E-state index contributed by atoms with van der Waals surface area (Å²) in [6, 6.07) is 10.7. The number of amides is 1. The van der Waals surface area contributed by atoms with Gasteiger partial charge in [-0.25, -0.2) is 9.38 Å². The van der Waals surface area contributed by atoms with Crippen LogP contribution < -0.4 is 5.32 Å². The van der Waals surface area contributed by atoms with Crippen LogP contribution >= 0.6 is 35.0 Å². The topological polar surface area (TPSA) is 41.5 Å². The van der Waals surface area contributed by atoms with Crippen molar-refractivity contribution >= 4 is 57.8 Å². The molecule has 1 amide bonds. The van der Waals surface area contributed by atoms with E-state index in [2.05, 4.69) is 10.3 Å². The van der Waals surface area contributed by atoms with Crippen molar-refractivity contribution in [3.05, 3.63) is 68.8 Å². The van der Waals surface area contributed by atoms with Crippen molar-refractivity contribution in [2.45, 2.75) is 0 Å². The lowest BCUT2D eigenvalue weighted by Gasteiger charge is -1.99. The van der Waals surface area contributed by atoms with E-state index in [0.29, 0.717) is 31.4 Å². The van der Waals surface area contributed by atoms with Crippen LogP contribution in [0.2, 0.25) is 10.0 Å². The van der Waals surface area contributed by atoms with E-state index in [0.717, 1.165) is 0 Å². The molecule has 0 aliphatic carbocycles. The van der Waals surface area contributed by atoms with E-state index in [1.54, 1.807) is 24.3 Å². The third-order valence-corrected chi connectivity index (χ3v) is 4.43. The minimum Gasteiger partial charge on any atom is -0.300 e. The Balaban J connectivity index is 1.84. The molecule has 1 N–H and O–H groups in total. The summed E-state index contributed by atoms with van der Waals surface area (Å²) in [5, 5.41) is 4.08. The first-order valence-corrected chi connectivity index (χ1v) is 8.09. The molecule has 1 heterocycles. The minimum atomic E-state index is -0.338. The van der Waals surface area contributed by atoms with E-state index in [1.165, 1.54) is 36.0 Å². The van der Waals surface area contributed by atoms with Gasteiger partial charge in [0.05, 0.1) is 10.6 Å². The molecule has 116 valence electrons. The van der Waals surface area contributed by atoms with Gasteiger partial charge in [0.15, 0.2) is 5.17 Å². The van der Waals surface area contributed by atoms with Crippen LogP contribution in [0.25, 0.3) is 6.08 Å². The summed E-state index contributed by atoms with van der Waals surface area (Å²) in [6.07, 6.45) is 1.67. The molecule has 1 aliphatic heterocycles. The van der Waals surface area contributed by atoms with E-state index < -0.39 is 0 Å². The molecule has 2 aromatic rings. The van der Waals surface area contributed by atoms with Gasteiger partial charge in [0.2, 0.25) is 0 Å². The Labute approximate surface area is 146 Å². The second-order valence-corrected chi connectivity index (χ2v) is 6.50. The normalized spacial score (nSPS) is 17.8. The summed E-state index contributed by atoms with van der Waals surface area (Å²) in [7, 11) is 0. The van der Waals surface area contributed by atoms with Gasteiger partial charge in [0.25, 0.3) is 5.91 Å². The fourth-order valence-electron chi connectivity index (χ4n) is 1.87. The maximum absolute atomic E-state index is 12.9. The van der Waals surface area contributed by atoms with Crippen molar-refractivity contribution in [3.8, 4) is 0 Å². The highest BCUT2D eigenvalue weighted by atomic mass is 35.5. The van der Waals surface area contributed by atoms with Crippen LogP contribution in [0.5, 0.6) is 0 Å². The quantitative estimate of drug-likeness (QED) is 0.757. The molecule has 0 saturated carbocycles. The molecule has 7 heteroatoms. The van der Waals surface area contributed by atoms with Crippen LogP contribution in [-0.2, 0) is 4.79 Å². The van der Waals surface area contributed by atoms with E-state index in [1.807, 2.05) is 0 Å². The van der Waals surface area contributed by atoms with Crippen LogP contribution in [0.15, 0.2) is 52.4 Å². The number of thioether (sulfide) groups is 1. The molecule has 3 rings (SSSR count). The monoisotopic (exact) mass is 366 g/mol. The highest BCUT2D eigenvalue weighted by Crippen LogP contribution is 2.30. The van der Waals surface area contributed by atoms with E-state index in [9.17, 15) is 9.18 Å². The highest BCUT2D eigenvalue weighted by Gasteiger charge is 2.24. The number of hydrogen-bond acceptors (Lipinski definition) is 3. The molecular weight excluding hydrogens is 358 g/mol. The summed E-state index contributed by atoms with van der Waals surface area (Å²) in [5.74, 6) is -0.600. The highest BCUT2D eigenvalue weighted by molar-refractivity contribution is 8.18. The predicted molar refractivity (Wildman–Crippen MR) is 93.7 cm³/mol. The molecule has 0 aromatic heterocycles. The average Bonchev–Trinajstić information content (AvgIpc) is 2.84. The maximum Gasteiger partial charge on any atom is 0.264 e. The Bertz CT molecular complexity index is 834. The lowest BCUT2D eigenvalue weighted by Crippen LogP contribution is -2.19. The fraction of sp³-hybridized carbons (Fsp3) is 0. The Morgan fingerprint density at radius 1 is 1.13 bits per heavy atom. The summed E-state index contributed by atoms with van der Waals surface area (Å²) in [6.45, 7) is 0. The number of aliphatic imine (C=N–C) groups is 1. The van der Waals surface area contributed by atoms with Gasteiger partial charge in [-0.3, -0.25) is 4.79 Å². The number of rotatable bonds is 2. The molecule has 1 fully saturated rings. The van der Waals surface area contributed by atoms with Gasteiger partial charge in [-0.1, -0.05) is 29.3 Å². The first-order chi connectivity index (χ1) is 11.0. The summed E-state index contributed by atoms with van der Waals surface area (Å²) in [5.41, 5.74) is 1.25. The van der Waals surface area contributed by atoms with Crippen LogP contribution in [-0.4, -0.2) is 11.1 Å². The fourth-order valence-corrected chi connectivity index (χ4v) is 3.17. The minimum absolute atomic E-state index is 0.262. The van der Waals surface area contributed by atoms with Gasteiger partial charge in [0, 0.05) is 10.0 Å². The third-order valence-electron chi connectivity index (χ3n) is 2.96. The Hall–Kier alpha value is -1.82. The van der Waals surface area contributed by atoms with Gasteiger partial charge < -0.3 is 5.32 Å². The molecule has 3 nitrogen and oxygen atoms in total. The number of benzene rings is 2. The molecule has 1 aliphatic rings. The standard InChI is InChI=1S/C16H9Cl2FN2OS/c17-10-2-1-9(13(18)8-10)7-14-15(22)21-16(23-14)20-12-5-3-11(19)4-6-12/h1-8H,(H,20,21,22)/b14-7-. The molecule has 2 aromatic carbocycles. The molecule has 0 unspecified atom stereocenters. The van der Waals surface area contributed by atoms with Gasteiger partial charge in [-0.15, -0.1) is 0 Å². The Morgan fingerprint density at radius 2 is 1.87 bits per heavy atom. The van der Waals surface area contributed by atoms with Gasteiger partial charge in [-0.2, -0.15) is 0 Å². The van der Waals surface area contributed by atoms with Crippen LogP contribution in [0.3, 0.4) is 0 Å². The molecule has 1 saturated heterocycles. The molecule has 0 radical (unpaired) electrons. The van der Waals surface area contributed by atoms with Crippen molar-refractivity contribution in [1.29, 1.82) is 0 Å². The molecule has 0 spiro atoms. The smallest absolute Gasteiger partial charge is 0.264 e. The molecule has 0 bridgehead atoms. The SMILES string of the molecule is O=C1NC(=Nc2ccc(F)cc2)S/C1=C\c1ccc(Cl)cc1Cl. The number of carbonyl (C=O) groups excluding carboxylic acids is 1. The van der Waals surface area contributed by atoms with E-state index in [-0.39, 0.29) is 11.7 Å². The second-order valence-electron chi connectivity index (χ2n) is 4.62. The van der Waals surface area contributed by atoms with Crippen LogP contribution in [0.1, 0.15) is 5.56 Å². The first kappa shape index (κ1) is 16.1. The Kier molecular flexibility index (Phi) is 4.71. The maximum atomic E-state index is 12.9. The average molecular weight is 367 g/mol. The lowest BCUT2D eigenvalue weighted by molar-refractivity contribution is -0.115. The zero-order valence-corrected chi connectivity index (χ0v) is 13.8.